The van der Waals surface area contributed by atoms with Crippen molar-refractivity contribution in [1.82, 2.24) is 0 Å². The van der Waals surface area contributed by atoms with Gasteiger partial charge in [-0.25, -0.2) is 4.39 Å². The number of carbonyl (C=O) groups is 1. The Morgan fingerprint density at radius 1 is 1.29 bits per heavy atom. The van der Waals surface area contributed by atoms with Crippen LogP contribution < -0.4 is 4.90 Å². The SMILES string of the molecule is CN(CCC(F)(F)F)c1cc(F)cc(C=O)c1. The predicted molar refractivity (Wildman–Crippen MR) is 55.7 cm³/mol. The van der Waals surface area contributed by atoms with Gasteiger partial charge in [-0.15, -0.1) is 0 Å². The molecule has 17 heavy (non-hydrogen) atoms. The molecule has 1 aromatic rings. The number of benzene rings is 1. The summed E-state index contributed by atoms with van der Waals surface area (Å²) in [6.45, 7) is -0.286. The van der Waals surface area contributed by atoms with Gasteiger partial charge in [-0.2, -0.15) is 13.2 Å². The van der Waals surface area contributed by atoms with Crippen LogP contribution in [0.5, 0.6) is 0 Å². The van der Waals surface area contributed by atoms with Crippen LogP contribution in [0.2, 0.25) is 0 Å². The van der Waals surface area contributed by atoms with E-state index in [-0.39, 0.29) is 17.8 Å². The number of nitrogens with zero attached hydrogens (tertiary/aromatic N) is 1. The number of rotatable bonds is 4. The minimum Gasteiger partial charge on any atom is -0.374 e. The quantitative estimate of drug-likeness (QED) is 0.604. The van der Waals surface area contributed by atoms with E-state index in [1.807, 2.05) is 0 Å². The molecule has 2 nitrogen and oxygen atoms in total. The van der Waals surface area contributed by atoms with Crippen molar-refractivity contribution < 1.29 is 22.4 Å². The molecular formula is C11H11F4NO. The van der Waals surface area contributed by atoms with Crippen LogP contribution in [0.25, 0.3) is 0 Å². The van der Waals surface area contributed by atoms with Crippen LogP contribution in [0.15, 0.2) is 18.2 Å². The number of alkyl halides is 3. The Kier molecular flexibility index (Phi) is 4.09. The fraction of sp³-hybridized carbons (Fsp3) is 0.364. The molecule has 94 valence electrons. The fourth-order valence-electron chi connectivity index (χ4n) is 1.31. The van der Waals surface area contributed by atoms with Crippen molar-refractivity contribution in [2.24, 2.45) is 0 Å². The van der Waals surface area contributed by atoms with Crippen LogP contribution in [0.3, 0.4) is 0 Å². The average Bonchev–Trinajstić information content (AvgIpc) is 2.23. The van der Waals surface area contributed by atoms with Gasteiger partial charge in [0.1, 0.15) is 12.1 Å². The highest BCUT2D eigenvalue weighted by Gasteiger charge is 2.27. The van der Waals surface area contributed by atoms with E-state index in [9.17, 15) is 22.4 Å². The Labute approximate surface area is 95.8 Å². The summed E-state index contributed by atoms with van der Waals surface area (Å²) in [6, 6.07) is 3.45. The monoisotopic (exact) mass is 249 g/mol. The third kappa shape index (κ3) is 4.42. The molecule has 0 unspecified atom stereocenters. The number of carbonyl (C=O) groups excluding carboxylic acids is 1. The second-order valence-electron chi connectivity index (χ2n) is 3.65. The second-order valence-corrected chi connectivity index (χ2v) is 3.65. The lowest BCUT2D eigenvalue weighted by molar-refractivity contribution is -0.132. The van der Waals surface area contributed by atoms with E-state index in [4.69, 9.17) is 0 Å². The van der Waals surface area contributed by atoms with Crippen molar-refractivity contribution in [2.75, 3.05) is 18.5 Å². The average molecular weight is 249 g/mol. The van der Waals surface area contributed by atoms with Gasteiger partial charge < -0.3 is 4.90 Å². The number of aldehydes is 1. The van der Waals surface area contributed by atoms with Crippen molar-refractivity contribution in [3.05, 3.63) is 29.6 Å². The lowest BCUT2D eigenvalue weighted by atomic mass is 10.2. The molecule has 6 heteroatoms. The van der Waals surface area contributed by atoms with Crippen molar-refractivity contribution in [3.8, 4) is 0 Å². The maximum Gasteiger partial charge on any atom is 0.390 e. The van der Waals surface area contributed by atoms with Gasteiger partial charge in [0.2, 0.25) is 0 Å². The Morgan fingerprint density at radius 2 is 1.94 bits per heavy atom. The van der Waals surface area contributed by atoms with Gasteiger partial charge in [0, 0.05) is 24.8 Å². The molecule has 1 aromatic carbocycles. The van der Waals surface area contributed by atoms with Gasteiger partial charge in [0.25, 0.3) is 0 Å². The van der Waals surface area contributed by atoms with Crippen molar-refractivity contribution in [2.45, 2.75) is 12.6 Å². The smallest absolute Gasteiger partial charge is 0.374 e. The summed E-state index contributed by atoms with van der Waals surface area (Å²) in [6.07, 6.45) is -4.80. The van der Waals surface area contributed by atoms with Crippen LogP contribution >= 0.6 is 0 Å². The number of anilines is 1. The molecule has 0 radical (unpaired) electrons. The first-order chi connectivity index (χ1) is 7.81. The van der Waals surface area contributed by atoms with Gasteiger partial charge in [-0.1, -0.05) is 0 Å². The molecule has 0 atom stereocenters. The molecule has 0 heterocycles. The fourth-order valence-corrected chi connectivity index (χ4v) is 1.31. The molecule has 0 saturated heterocycles. The predicted octanol–water partition coefficient (Wildman–Crippen LogP) is 3.03. The van der Waals surface area contributed by atoms with E-state index in [0.29, 0.717) is 6.29 Å². The molecule has 0 fully saturated rings. The number of hydrogen-bond acceptors (Lipinski definition) is 2. The zero-order chi connectivity index (χ0) is 13.1. The van der Waals surface area contributed by atoms with Crippen LogP contribution in [-0.4, -0.2) is 26.1 Å². The standard InChI is InChI=1S/C11H11F4NO/c1-16(3-2-11(13,14)15)10-5-8(7-17)4-9(12)6-10/h4-7H,2-3H2,1H3. The van der Waals surface area contributed by atoms with E-state index >= 15 is 0 Å². The normalized spacial score (nSPS) is 11.4. The van der Waals surface area contributed by atoms with E-state index < -0.39 is 18.4 Å². The first kappa shape index (κ1) is 13.5. The summed E-state index contributed by atoms with van der Waals surface area (Å²) in [4.78, 5) is 11.7. The number of hydrogen-bond donors (Lipinski definition) is 0. The van der Waals surface area contributed by atoms with Gasteiger partial charge in [0.05, 0.1) is 6.42 Å². The maximum atomic E-state index is 13.0. The molecule has 0 saturated carbocycles. The minimum absolute atomic E-state index is 0.0962. The summed E-state index contributed by atoms with van der Waals surface area (Å²) in [5.74, 6) is -0.650. The molecule has 0 aliphatic carbocycles. The summed E-state index contributed by atoms with van der Waals surface area (Å²) in [5.41, 5.74) is 0.343. The molecule has 0 bridgehead atoms. The Morgan fingerprint density at radius 3 is 2.47 bits per heavy atom. The van der Waals surface area contributed by atoms with Crippen molar-refractivity contribution in [1.29, 1.82) is 0 Å². The molecular weight excluding hydrogens is 238 g/mol. The highest BCUT2D eigenvalue weighted by molar-refractivity contribution is 5.77. The van der Waals surface area contributed by atoms with Crippen LogP contribution in [0.4, 0.5) is 23.2 Å². The number of halogens is 4. The Balaban J connectivity index is 2.78. The van der Waals surface area contributed by atoms with Crippen molar-refractivity contribution >= 4 is 12.0 Å². The van der Waals surface area contributed by atoms with Crippen LogP contribution in [0.1, 0.15) is 16.8 Å². The molecule has 0 spiro atoms. The highest BCUT2D eigenvalue weighted by Crippen LogP contribution is 2.22. The minimum atomic E-state index is -4.25. The molecule has 0 aromatic heterocycles. The third-order valence-corrected chi connectivity index (χ3v) is 2.21. The van der Waals surface area contributed by atoms with Gasteiger partial charge in [-0.05, 0) is 18.2 Å². The van der Waals surface area contributed by atoms with Crippen LogP contribution in [0, 0.1) is 5.82 Å². The maximum absolute atomic E-state index is 13.0. The topological polar surface area (TPSA) is 20.3 Å². The molecule has 0 amide bonds. The van der Waals surface area contributed by atoms with E-state index in [0.717, 1.165) is 12.1 Å². The third-order valence-electron chi connectivity index (χ3n) is 2.21. The molecule has 1 rings (SSSR count). The molecule has 0 N–H and O–H groups in total. The lowest BCUT2D eigenvalue weighted by Crippen LogP contribution is -2.24. The summed E-state index contributed by atoms with van der Waals surface area (Å²) >= 11 is 0. The molecule has 0 aliphatic heterocycles. The van der Waals surface area contributed by atoms with E-state index in [1.165, 1.54) is 18.0 Å². The van der Waals surface area contributed by atoms with Gasteiger partial charge in [-0.3, -0.25) is 4.79 Å². The lowest BCUT2D eigenvalue weighted by Gasteiger charge is -2.20. The Bertz CT molecular complexity index is 403. The summed E-state index contributed by atoms with van der Waals surface area (Å²) in [5, 5.41) is 0. The van der Waals surface area contributed by atoms with E-state index in [1.54, 1.807) is 0 Å². The first-order valence-electron chi connectivity index (χ1n) is 4.85. The van der Waals surface area contributed by atoms with E-state index in [2.05, 4.69) is 0 Å². The molecule has 0 aliphatic rings. The largest absolute Gasteiger partial charge is 0.390 e. The second kappa shape index (κ2) is 5.16. The Hall–Kier alpha value is -1.59. The zero-order valence-corrected chi connectivity index (χ0v) is 9.09. The van der Waals surface area contributed by atoms with Gasteiger partial charge in [0.15, 0.2) is 0 Å². The summed E-state index contributed by atoms with van der Waals surface area (Å²) < 4.78 is 49.0. The highest BCUT2D eigenvalue weighted by atomic mass is 19.4. The van der Waals surface area contributed by atoms with Crippen LogP contribution in [-0.2, 0) is 0 Å². The summed E-state index contributed by atoms with van der Waals surface area (Å²) in [7, 11) is 1.41. The van der Waals surface area contributed by atoms with Crippen molar-refractivity contribution in [3.63, 3.8) is 0 Å². The van der Waals surface area contributed by atoms with Gasteiger partial charge >= 0.3 is 6.18 Å². The zero-order valence-electron chi connectivity index (χ0n) is 9.09. The first-order valence-corrected chi connectivity index (χ1v) is 4.85.